The third-order valence-corrected chi connectivity index (χ3v) is 5.39. The second-order valence-electron chi connectivity index (χ2n) is 7.33. The minimum Gasteiger partial charge on any atom is -0.391 e. The highest BCUT2D eigenvalue weighted by Gasteiger charge is 2.27. The lowest BCUT2D eigenvalue weighted by atomic mass is 9.92. The van der Waals surface area contributed by atoms with Gasteiger partial charge in [-0.25, -0.2) is 13.8 Å². The number of aliphatic hydroxyl groups excluding tert-OH is 1. The molecule has 0 spiro atoms. The number of rotatable bonds is 4. The molecular formula is C21H20F3N3O2. The van der Waals surface area contributed by atoms with Gasteiger partial charge in [-0.1, -0.05) is 18.9 Å². The van der Waals surface area contributed by atoms with Crippen molar-refractivity contribution in [1.82, 2.24) is 14.9 Å². The number of halogens is 3. The summed E-state index contributed by atoms with van der Waals surface area (Å²) in [6.07, 6.45) is 4.62. The van der Waals surface area contributed by atoms with Gasteiger partial charge < -0.3 is 15.0 Å². The van der Waals surface area contributed by atoms with E-state index in [1.807, 2.05) is 0 Å². The van der Waals surface area contributed by atoms with Crippen molar-refractivity contribution < 1.29 is 23.1 Å². The average molecular weight is 403 g/mol. The first-order valence-electron chi connectivity index (χ1n) is 9.50. The van der Waals surface area contributed by atoms with Crippen molar-refractivity contribution in [2.75, 3.05) is 0 Å². The first kappa shape index (κ1) is 19.4. The molecule has 1 unspecified atom stereocenters. The van der Waals surface area contributed by atoms with E-state index in [-0.39, 0.29) is 23.1 Å². The van der Waals surface area contributed by atoms with Crippen LogP contribution < -0.4 is 5.32 Å². The van der Waals surface area contributed by atoms with E-state index in [9.17, 15) is 23.1 Å². The highest BCUT2D eigenvalue weighted by Crippen LogP contribution is 2.27. The lowest BCUT2D eigenvalue weighted by Gasteiger charge is -2.28. The molecule has 1 aliphatic carbocycles. The highest BCUT2D eigenvalue weighted by molar-refractivity contribution is 6.07. The Hall–Kier alpha value is -2.87. The molecule has 2 heterocycles. The monoisotopic (exact) mass is 403 g/mol. The molecule has 0 saturated heterocycles. The van der Waals surface area contributed by atoms with Crippen LogP contribution in [-0.4, -0.2) is 32.7 Å². The van der Waals surface area contributed by atoms with Crippen molar-refractivity contribution in [2.24, 2.45) is 0 Å². The molecule has 29 heavy (non-hydrogen) atoms. The van der Waals surface area contributed by atoms with Crippen LogP contribution >= 0.6 is 0 Å². The number of carbonyl (C=O) groups excluding carboxylic acids is 1. The lowest BCUT2D eigenvalue weighted by Crippen LogP contribution is -2.45. The van der Waals surface area contributed by atoms with E-state index < -0.39 is 35.6 Å². The van der Waals surface area contributed by atoms with Crippen molar-refractivity contribution in [3.05, 3.63) is 65.4 Å². The van der Waals surface area contributed by atoms with Crippen LogP contribution in [0, 0.1) is 17.6 Å². The molecule has 2 N–H and O–H groups in total. The van der Waals surface area contributed by atoms with Gasteiger partial charge in [0.15, 0.2) is 0 Å². The standard InChI is InChI=1S/C21H20F3N3O2/c22-14-4-3-6-17-20(14)13(21(29)26-16-5-1-2-7-18(16)28)11-27(17)10-12-8-19(24)25-9-15(12)23/h3-4,6,8-9,11,16,18,28H,1-2,5,7,10H2,(H,26,29)/t16-,18?/m0/s1. The third-order valence-electron chi connectivity index (χ3n) is 5.39. The molecule has 4 rings (SSSR count). The number of hydrogen-bond donors (Lipinski definition) is 2. The van der Waals surface area contributed by atoms with Crippen LogP contribution in [-0.2, 0) is 6.54 Å². The van der Waals surface area contributed by atoms with Crippen LogP contribution in [0.1, 0.15) is 41.6 Å². The van der Waals surface area contributed by atoms with Gasteiger partial charge in [0, 0.05) is 23.2 Å². The predicted molar refractivity (Wildman–Crippen MR) is 101 cm³/mol. The molecule has 2 aromatic heterocycles. The van der Waals surface area contributed by atoms with E-state index in [0.29, 0.717) is 18.4 Å². The average Bonchev–Trinajstić information content (AvgIpc) is 3.06. The van der Waals surface area contributed by atoms with Crippen LogP contribution in [0.2, 0.25) is 0 Å². The summed E-state index contributed by atoms with van der Waals surface area (Å²) < 4.78 is 43.5. The number of nitrogens with one attached hydrogen (secondary N) is 1. The van der Waals surface area contributed by atoms with Crippen molar-refractivity contribution >= 4 is 16.8 Å². The van der Waals surface area contributed by atoms with E-state index >= 15 is 0 Å². The molecule has 1 aliphatic rings. The number of amides is 1. The Morgan fingerprint density at radius 3 is 2.79 bits per heavy atom. The second kappa shape index (κ2) is 7.87. The van der Waals surface area contributed by atoms with Crippen molar-refractivity contribution in [3.63, 3.8) is 0 Å². The topological polar surface area (TPSA) is 67.2 Å². The molecule has 1 fully saturated rings. The van der Waals surface area contributed by atoms with Gasteiger partial charge in [-0.3, -0.25) is 4.79 Å². The lowest BCUT2D eigenvalue weighted by molar-refractivity contribution is 0.0718. The van der Waals surface area contributed by atoms with E-state index in [2.05, 4.69) is 10.3 Å². The van der Waals surface area contributed by atoms with Gasteiger partial charge in [-0.05, 0) is 25.0 Å². The zero-order valence-corrected chi connectivity index (χ0v) is 15.5. The first-order chi connectivity index (χ1) is 13.9. The SMILES string of the molecule is O=C(N[C@H]1CCCCC1O)c1cn(Cc2cc(F)ncc2F)c2cccc(F)c12. The molecule has 2 atom stereocenters. The third kappa shape index (κ3) is 3.85. The summed E-state index contributed by atoms with van der Waals surface area (Å²) >= 11 is 0. The number of fused-ring (bicyclic) bond motifs is 1. The molecule has 152 valence electrons. The number of aromatic nitrogens is 2. The number of benzene rings is 1. The summed E-state index contributed by atoms with van der Waals surface area (Å²) in [5.74, 6) is -2.61. The van der Waals surface area contributed by atoms with Crippen molar-refractivity contribution in [3.8, 4) is 0 Å². The Morgan fingerprint density at radius 1 is 1.21 bits per heavy atom. The fourth-order valence-corrected chi connectivity index (χ4v) is 3.89. The number of pyridine rings is 1. The summed E-state index contributed by atoms with van der Waals surface area (Å²) in [5, 5.41) is 13.0. The number of hydrogen-bond acceptors (Lipinski definition) is 3. The smallest absolute Gasteiger partial charge is 0.253 e. The maximum absolute atomic E-state index is 14.6. The maximum atomic E-state index is 14.6. The zero-order chi connectivity index (χ0) is 20.5. The molecule has 1 saturated carbocycles. The Bertz CT molecular complexity index is 1070. The van der Waals surface area contributed by atoms with E-state index in [0.717, 1.165) is 25.1 Å². The Labute approximate surface area is 165 Å². The Morgan fingerprint density at radius 2 is 2.00 bits per heavy atom. The molecule has 3 aromatic rings. The summed E-state index contributed by atoms with van der Waals surface area (Å²) in [6, 6.07) is 4.92. The fraction of sp³-hybridized carbons (Fsp3) is 0.333. The number of carbonyl (C=O) groups is 1. The predicted octanol–water partition coefficient (Wildman–Crippen LogP) is 3.54. The molecule has 0 radical (unpaired) electrons. The second-order valence-corrected chi connectivity index (χ2v) is 7.33. The van der Waals surface area contributed by atoms with E-state index in [1.165, 1.54) is 22.9 Å². The summed E-state index contributed by atoms with van der Waals surface area (Å²) in [7, 11) is 0. The van der Waals surface area contributed by atoms with Crippen LogP contribution in [0.5, 0.6) is 0 Å². The van der Waals surface area contributed by atoms with Crippen molar-refractivity contribution in [2.45, 2.75) is 44.4 Å². The number of nitrogens with zero attached hydrogens (tertiary/aromatic N) is 2. The normalized spacial score (nSPS) is 19.4. The maximum Gasteiger partial charge on any atom is 0.253 e. The van der Waals surface area contributed by atoms with E-state index in [1.54, 1.807) is 6.07 Å². The van der Waals surface area contributed by atoms with Gasteiger partial charge in [0.2, 0.25) is 5.95 Å². The highest BCUT2D eigenvalue weighted by atomic mass is 19.1. The van der Waals surface area contributed by atoms with Crippen LogP contribution in [0.15, 0.2) is 36.7 Å². The molecule has 0 aliphatic heterocycles. The minimum atomic E-state index is -0.826. The minimum absolute atomic E-state index is 0.0355. The molecule has 8 heteroatoms. The largest absolute Gasteiger partial charge is 0.391 e. The molecule has 1 aromatic carbocycles. The first-order valence-corrected chi connectivity index (χ1v) is 9.50. The van der Waals surface area contributed by atoms with Crippen LogP contribution in [0.3, 0.4) is 0 Å². The Balaban J connectivity index is 1.71. The van der Waals surface area contributed by atoms with Gasteiger partial charge >= 0.3 is 0 Å². The van der Waals surface area contributed by atoms with E-state index in [4.69, 9.17) is 0 Å². The van der Waals surface area contributed by atoms with Gasteiger partial charge in [-0.2, -0.15) is 4.39 Å². The van der Waals surface area contributed by atoms with Gasteiger partial charge in [0.1, 0.15) is 11.6 Å². The zero-order valence-electron chi connectivity index (χ0n) is 15.5. The van der Waals surface area contributed by atoms with Gasteiger partial charge in [0.05, 0.1) is 36.0 Å². The number of aliphatic hydroxyl groups is 1. The summed E-state index contributed by atoms with van der Waals surface area (Å²) in [6.45, 7) is -0.0927. The van der Waals surface area contributed by atoms with Gasteiger partial charge in [-0.15, -0.1) is 0 Å². The Kier molecular flexibility index (Phi) is 5.27. The molecule has 5 nitrogen and oxygen atoms in total. The summed E-state index contributed by atoms with van der Waals surface area (Å²) in [4.78, 5) is 16.1. The quantitative estimate of drug-likeness (QED) is 0.655. The summed E-state index contributed by atoms with van der Waals surface area (Å²) in [5.41, 5.74) is 0.509. The molecule has 0 bridgehead atoms. The van der Waals surface area contributed by atoms with Gasteiger partial charge in [0.25, 0.3) is 5.91 Å². The molecular weight excluding hydrogens is 383 g/mol. The van der Waals surface area contributed by atoms with Crippen molar-refractivity contribution in [1.29, 1.82) is 0 Å². The van der Waals surface area contributed by atoms with Crippen LogP contribution in [0.25, 0.3) is 10.9 Å². The van der Waals surface area contributed by atoms with Crippen LogP contribution in [0.4, 0.5) is 13.2 Å². The molecule has 1 amide bonds. The fourth-order valence-electron chi connectivity index (χ4n) is 3.89.